The van der Waals surface area contributed by atoms with Gasteiger partial charge >= 0.3 is 5.97 Å². The first kappa shape index (κ1) is 10.2. The Hall–Kier alpha value is -1.97. The normalized spacial score (nSPS) is 14.2. The van der Waals surface area contributed by atoms with Crippen LogP contribution in [0.5, 0.6) is 5.75 Å². The molecule has 0 amide bonds. The van der Waals surface area contributed by atoms with E-state index < -0.39 is 0 Å². The van der Waals surface area contributed by atoms with Crippen molar-refractivity contribution < 1.29 is 14.3 Å². The molecule has 1 aromatic carbocycles. The second kappa shape index (κ2) is 3.80. The molecule has 0 unspecified atom stereocenters. The zero-order chi connectivity index (χ0) is 11.8. The second-order valence-corrected chi connectivity index (χ2v) is 4.13. The van der Waals surface area contributed by atoms with Gasteiger partial charge in [0.2, 0.25) is 0 Å². The Labute approximate surface area is 98.5 Å². The maximum atomic E-state index is 11.5. The number of fused-ring (bicyclic) bond motifs is 3. The third-order valence-electron chi connectivity index (χ3n) is 3.10. The number of hydrogen-bond acceptors (Lipinski definition) is 3. The lowest BCUT2D eigenvalue weighted by atomic mass is 10.0. The van der Waals surface area contributed by atoms with Gasteiger partial charge in [0.15, 0.2) is 0 Å². The summed E-state index contributed by atoms with van der Waals surface area (Å²) in [5.74, 6) is 0.577. The number of carbonyl (C=O) groups is 1. The Morgan fingerprint density at radius 2 is 2.35 bits per heavy atom. The Morgan fingerprint density at radius 1 is 1.47 bits per heavy atom. The van der Waals surface area contributed by atoms with Crippen molar-refractivity contribution in [2.45, 2.75) is 12.8 Å². The fourth-order valence-electron chi connectivity index (χ4n) is 2.28. The highest BCUT2D eigenvalue weighted by atomic mass is 16.5. The molecule has 1 aliphatic heterocycles. The van der Waals surface area contributed by atoms with E-state index >= 15 is 0 Å². The molecule has 4 nitrogen and oxygen atoms in total. The molecule has 1 aliphatic rings. The quantitative estimate of drug-likeness (QED) is 0.766. The van der Waals surface area contributed by atoms with E-state index in [2.05, 4.69) is 4.98 Å². The summed E-state index contributed by atoms with van der Waals surface area (Å²) in [6.45, 7) is 0.767. The van der Waals surface area contributed by atoms with Gasteiger partial charge in [-0.05, 0) is 31.0 Å². The summed E-state index contributed by atoms with van der Waals surface area (Å²) >= 11 is 0. The average molecular weight is 231 g/mol. The first-order valence-corrected chi connectivity index (χ1v) is 5.65. The Morgan fingerprint density at radius 3 is 3.18 bits per heavy atom. The maximum Gasteiger partial charge on any atom is 0.354 e. The fraction of sp³-hybridized carbons (Fsp3) is 0.308. The Kier molecular flexibility index (Phi) is 2.28. The first-order valence-electron chi connectivity index (χ1n) is 5.65. The van der Waals surface area contributed by atoms with Crippen molar-refractivity contribution in [3.63, 3.8) is 0 Å². The predicted molar refractivity (Wildman–Crippen MR) is 63.5 cm³/mol. The third kappa shape index (κ3) is 1.56. The number of esters is 1. The molecule has 1 aromatic heterocycles. The summed E-state index contributed by atoms with van der Waals surface area (Å²) < 4.78 is 10.3. The van der Waals surface area contributed by atoms with Gasteiger partial charge in [-0.25, -0.2) is 4.79 Å². The van der Waals surface area contributed by atoms with Gasteiger partial charge in [-0.1, -0.05) is 0 Å². The van der Waals surface area contributed by atoms with Gasteiger partial charge in [-0.2, -0.15) is 0 Å². The second-order valence-electron chi connectivity index (χ2n) is 4.13. The van der Waals surface area contributed by atoms with Crippen molar-refractivity contribution in [1.29, 1.82) is 0 Å². The number of carbonyl (C=O) groups excluding carboxylic acids is 1. The highest BCUT2D eigenvalue weighted by molar-refractivity contribution is 5.96. The van der Waals surface area contributed by atoms with Crippen LogP contribution in [0, 0.1) is 0 Å². The summed E-state index contributed by atoms with van der Waals surface area (Å²) in [5, 5.41) is 1.02. The van der Waals surface area contributed by atoms with Crippen LogP contribution in [-0.2, 0) is 11.2 Å². The van der Waals surface area contributed by atoms with Crippen molar-refractivity contribution in [3.05, 3.63) is 29.5 Å². The van der Waals surface area contributed by atoms with Gasteiger partial charge in [-0.15, -0.1) is 0 Å². The van der Waals surface area contributed by atoms with Gasteiger partial charge in [-0.3, -0.25) is 0 Å². The smallest absolute Gasteiger partial charge is 0.354 e. The van der Waals surface area contributed by atoms with E-state index in [4.69, 9.17) is 9.47 Å². The number of H-pyrrole nitrogens is 1. The average Bonchev–Trinajstić information content (AvgIpc) is 2.82. The van der Waals surface area contributed by atoms with E-state index in [1.807, 2.05) is 18.2 Å². The standard InChI is InChI=1S/C13H13NO3/c1-16-13(15)10-7-8-4-5-11-9(12(8)14-10)3-2-6-17-11/h4-5,7,14H,2-3,6H2,1H3. The zero-order valence-corrected chi connectivity index (χ0v) is 9.58. The van der Waals surface area contributed by atoms with Crippen molar-refractivity contribution >= 4 is 16.9 Å². The molecular formula is C13H13NO3. The number of aromatic nitrogens is 1. The summed E-state index contributed by atoms with van der Waals surface area (Å²) in [6, 6.07) is 5.74. The van der Waals surface area contributed by atoms with Crippen LogP contribution >= 0.6 is 0 Å². The van der Waals surface area contributed by atoms with Crippen LogP contribution in [0.2, 0.25) is 0 Å². The molecule has 0 fully saturated rings. The van der Waals surface area contributed by atoms with Crippen molar-refractivity contribution in [3.8, 4) is 5.75 Å². The van der Waals surface area contributed by atoms with Crippen LogP contribution in [0.25, 0.3) is 10.9 Å². The molecule has 0 spiro atoms. The molecule has 2 aromatic rings. The molecule has 1 N–H and O–H groups in total. The number of nitrogens with one attached hydrogen (secondary N) is 1. The van der Waals surface area contributed by atoms with Crippen LogP contribution in [-0.4, -0.2) is 24.7 Å². The molecule has 0 saturated carbocycles. The molecule has 0 bridgehead atoms. The van der Waals surface area contributed by atoms with Crippen LogP contribution in [0.1, 0.15) is 22.5 Å². The number of aromatic amines is 1. The van der Waals surface area contributed by atoms with Gasteiger partial charge in [0, 0.05) is 10.9 Å². The summed E-state index contributed by atoms with van der Waals surface area (Å²) in [5.41, 5.74) is 2.63. The lowest BCUT2D eigenvalue weighted by Gasteiger charge is -2.17. The fourth-order valence-corrected chi connectivity index (χ4v) is 2.28. The van der Waals surface area contributed by atoms with Gasteiger partial charge in [0.1, 0.15) is 11.4 Å². The topological polar surface area (TPSA) is 51.3 Å². The summed E-state index contributed by atoms with van der Waals surface area (Å²) in [7, 11) is 1.38. The van der Waals surface area contributed by atoms with E-state index in [9.17, 15) is 4.79 Å². The monoisotopic (exact) mass is 231 g/mol. The van der Waals surface area contributed by atoms with E-state index in [0.717, 1.165) is 41.7 Å². The van der Waals surface area contributed by atoms with Crippen LogP contribution < -0.4 is 4.74 Å². The molecule has 0 aliphatic carbocycles. The highest BCUT2D eigenvalue weighted by Gasteiger charge is 2.17. The minimum atomic E-state index is -0.341. The maximum absolute atomic E-state index is 11.5. The third-order valence-corrected chi connectivity index (χ3v) is 3.10. The number of benzene rings is 1. The van der Waals surface area contributed by atoms with Crippen molar-refractivity contribution in [1.82, 2.24) is 4.98 Å². The molecule has 0 atom stereocenters. The number of ether oxygens (including phenoxy) is 2. The van der Waals surface area contributed by atoms with Crippen LogP contribution in [0.3, 0.4) is 0 Å². The van der Waals surface area contributed by atoms with Gasteiger partial charge in [0.05, 0.1) is 19.2 Å². The molecule has 3 rings (SSSR count). The first-order chi connectivity index (χ1) is 8.29. The van der Waals surface area contributed by atoms with E-state index in [1.54, 1.807) is 0 Å². The van der Waals surface area contributed by atoms with Crippen LogP contribution in [0.15, 0.2) is 18.2 Å². The highest BCUT2D eigenvalue weighted by Crippen LogP contribution is 2.32. The summed E-state index contributed by atoms with van der Waals surface area (Å²) in [4.78, 5) is 14.6. The van der Waals surface area contributed by atoms with Crippen molar-refractivity contribution in [2.24, 2.45) is 0 Å². The molecule has 17 heavy (non-hydrogen) atoms. The Bertz CT molecular complexity index is 586. The number of rotatable bonds is 1. The molecular weight excluding hydrogens is 218 g/mol. The molecule has 88 valence electrons. The predicted octanol–water partition coefficient (Wildman–Crippen LogP) is 2.28. The molecule has 0 saturated heterocycles. The molecule has 0 radical (unpaired) electrons. The molecule has 2 heterocycles. The number of methoxy groups -OCH3 is 1. The van der Waals surface area contributed by atoms with E-state index in [-0.39, 0.29) is 5.97 Å². The lowest BCUT2D eigenvalue weighted by Crippen LogP contribution is -2.08. The van der Waals surface area contributed by atoms with Crippen molar-refractivity contribution in [2.75, 3.05) is 13.7 Å². The number of aryl methyl sites for hydroxylation is 1. The minimum absolute atomic E-state index is 0.341. The lowest BCUT2D eigenvalue weighted by molar-refractivity contribution is 0.0595. The largest absolute Gasteiger partial charge is 0.493 e. The van der Waals surface area contributed by atoms with Gasteiger partial charge < -0.3 is 14.5 Å². The van der Waals surface area contributed by atoms with E-state index in [0.29, 0.717) is 5.69 Å². The summed E-state index contributed by atoms with van der Waals surface area (Å²) in [6.07, 6.45) is 1.99. The zero-order valence-electron chi connectivity index (χ0n) is 9.58. The minimum Gasteiger partial charge on any atom is -0.493 e. The van der Waals surface area contributed by atoms with Crippen LogP contribution in [0.4, 0.5) is 0 Å². The SMILES string of the molecule is COC(=O)c1cc2ccc3c(c2[nH]1)CCCO3. The Balaban J connectivity index is 2.18. The van der Waals surface area contributed by atoms with Gasteiger partial charge in [0.25, 0.3) is 0 Å². The van der Waals surface area contributed by atoms with E-state index in [1.165, 1.54) is 7.11 Å². The molecule has 4 heteroatoms. The number of hydrogen-bond donors (Lipinski definition) is 1.